The summed E-state index contributed by atoms with van der Waals surface area (Å²) in [7, 11) is 0. The van der Waals surface area contributed by atoms with Gasteiger partial charge in [0.1, 0.15) is 12.4 Å². The van der Waals surface area contributed by atoms with Crippen LogP contribution in [0.5, 0.6) is 5.75 Å². The minimum atomic E-state index is -0.670. The number of nitro benzene ring substituents is 1. The van der Waals surface area contributed by atoms with Crippen LogP contribution < -0.4 is 10.1 Å². The van der Waals surface area contributed by atoms with Crippen LogP contribution in [0.3, 0.4) is 0 Å². The molecule has 0 aliphatic carbocycles. The Kier molecular flexibility index (Phi) is 5.95. The highest BCUT2D eigenvalue weighted by molar-refractivity contribution is 5.46. The normalized spacial score (nSPS) is 10.2. The largest absolute Gasteiger partial charge is 0.482 e. The Morgan fingerprint density at radius 1 is 1.58 bits per heavy atom. The number of nitro groups is 1. The van der Waals surface area contributed by atoms with Crippen molar-refractivity contribution in [1.29, 1.82) is 0 Å². The fraction of sp³-hybridized carbons (Fsp3) is 0.385. The molecule has 1 rings (SSSR count). The van der Waals surface area contributed by atoms with Crippen molar-refractivity contribution in [2.24, 2.45) is 0 Å². The van der Waals surface area contributed by atoms with Gasteiger partial charge in [0.2, 0.25) is 0 Å². The highest BCUT2D eigenvalue weighted by atomic mass is 19.1. The molecule has 6 heteroatoms. The first-order valence-corrected chi connectivity index (χ1v) is 5.98. The Hall–Kier alpha value is -1.95. The van der Waals surface area contributed by atoms with Crippen molar-refractivity contribution < 1.29 is 14.1 Å². The topological polar surface area (TPSA) is 64.4 Å². The van der Waals surface area contributed by atoms with Gasteiger partial charge in [-0.05, 0) is 30.7 Å². The van der Waals surface area contributed by atoms with Crippen LogP contribution in [0.2, 0.25) is 0 Å². The third-order valence-electron chi connectivity index (χ3n) is 2.35. The van der Waals surface area contributed by atoms with Crippen LogP contribution in [0.4, 0.5) is 10.1 Å². The molecule has 0 heterocycles. The molecule has 1 aromatic rings. The van der Waals surface area contributed by atoms with Gasteiger partial charge in [0, 0.05) is 6.54 Å². The van der Waals surface area contributed by atoms with Gasteiger partial charge in [-0.3, -0.25) is 10.1 Å². The minimum Gasteiger partial charge on any atom is -0.482 e. The number of nitrogens with one attached hydrogen (secondary N) is 1. The highest BCUT2D eigenvalue weighted by Gasteiger charge is 2.16. The van der Waals surface area contributed by atoms with E-state index in [2.05, 4.69) is 11.9 Å². The van der Waals surface area contributed by atoms with Crippen LogP contribution in [0, 0.1) is 15.9 Å². The molecule has 0 atom stereocenters. The molecule has 0 amide bonds. The molecule has 0 saturated heterocycles. The van der Waals surface area contributed by atoms with Crippen molar-refractivity contribution in [2.75, 3.05) is 19.7 Å². The number of rotatable bonds is 8. The number of halogens is 1. The van der Waals surface area contributed by atoms with Gasteiger partial charge >= 0.3 is 5.69 Å². The Labute approximate surface area is 111 Å². The first kappa shape index (κ1) is 15.1. The van der Waals surface area contributed by atoms with Crippen LogP contribution in [0.15, 0.2) is 30.4 Å². The van der Waals surface area contributed by atoms with Crippen LogP contribution in [-0.4, -0.2) is 24.6 Å². The van der Waals surface area contributed by atoms with E-state index in [-0.39, 0.29) is 18.0 Å². The zero-order valence-corrected chi connectivity index (χ0v) is 10.8. The molecule has 0 bridgehead atoms. The molecule has 0 radical (unpaired) electrons. The average Bonchev–Trinajstić information content (AvgIpc) is 2.37. The van der Waals surface area contributed by atoms with E-state index < -0.39 is 10.7 Å². The predicted molar refractivity (Wildman–Crippen MR) is 70.9 cm³/mol. The van der Waals surface area contributed by atoms with Gasteiger partial charge in [0.05, 0.1) is 11.0 Å². The standard InChI is InChI=1S/C13H17FN2O3/c1-3-6-15-8-10(2)9-19-13-5-4-11(14)7-12(13)16(17)18/h4-5,7,15H,2-3,6,8-9H2,1H3. The monoisotopic (exact) mass is 268 g/mol. The number of hydrogen-bond donors (Lipinski definition) is 1. The van der Waals surface area contributed by atoms with Crippen LogP contribution >= 0.6 is 0 Å². The Bertz CT molecular complexity index is 463. The summed E-state index contributed by atoms with van der Waals surface area (Å²) < 4.78 is 18.2. The Balaban J connectivity index is 2.57. The maximum atomic E-state index is 12.9. The van der Waals surface area contributed by atoms with Gasteiger partial charge < -0.3 is 10.1 Å². The van der Waals surface area contributed by atoms with Gasteiger partial charge in [-0.25, -0.2) is 4.39 Å². The van der Waals surface area contributed by atoms with Gasteiger partial charge in [0.25, 0.3) is 0 Å². The lowest BCUT2D eigenvalue weighted by atomic mass is 10.3. The second-order valence-electron chi connectivity index (χ2n) is 4.08. The number of ether oxygens (including phenoxy) is 1. The molecule has 0 unspecified atom stereocenters. The van der Waals surface area contributed by atoms with Crippen LogP contribution in [-0.2, 0) is 0 Å². The zero-order valence-electron chi connectivity index (χ0n) is 10.8. The van der Waals surface area contributed by atoms with Gasteiger partial charge in [-0.1, -0.05) is 13.5 Å². The van der Waals surface area contributed by atoms with Crippen molar-refractivity contribution in [3.05, 3.63) is 46.3 Å². The fourth-order valence-corrected chi connectivity index (χ4v) is 1.43. The third kappa shape index (κ3) is 5.05. The summed E-state index contributed by atoms with van der Waals surface area (Å²) >= 11 is 0. The molecule has 104 valence electrons. The van der Waals surface area contributed by atoms with Gasteiger partial charge in [-0.15, -0.1) is 0 Å². The first-order chi connectivity index (χ1) is 9.04. The van der Waals surface area contributed by atoms with Crippen molar-refractivity contribution in [1.82, 2.24) is 5.32 Å². The number of benzene rings is 1. The van der Waals surface area contributed by atoms with Crippen molar-refractivity contribution >= 4 is 5.69 Å². The molecule has 0 aliphatic heterocycles. The van der Waals surface area contributed by atoms with E-state index in [4.69, 9.17) is 4.74 Å². The summed E-state index contributed by atoms with van der Waals surface area (Å²) in [6.45, 7) is 7.46. The van der Waals surface area contributed by atoms with Crippen molar-refractivity contribution in [3.63, 3.8) is 0 Å². The lowest BCUT2D eigenvalue weighted by molar-refractivity contribution is -0.386. The van der Waals surface area contributed by atoms with E-state index in [1.807, 2.05) is 6.92 Å². The molecule has 1 aromatic carbocycles. The maximum absolute atomic E-state index is 12.9. The minimum absolute atomic E-state index is 0.0445. The first-order valence-electron chi connectivity index (χ1n) is 5.98. The summed E-state index contributed by atoms with van der Waals surface area (Å²) in [6, 6.07) is 3.22. The van der Waals surface area contributed by atoms with E-state index >= 15 is 0 Å². The number of hydrogen-bond acceptors (Lipinski definition) is 4. The zero-order chi connectivity index (χ0) is 14.3. The molecule has 0 aliphatic rings. The van der Waals surface area contributed by atoms with Crippen LogP contribution in [0.1, 0.15) is 13.3 Å². The third-order valence-corrected chi connectivity index (χ3v) is 2.35. The molecular formula is C13H17FN2O3. The molecular weight excluding hydrogens is 251 g/mol. The highest BCUT2D eigenvalue weighted by Crippen LogP contribution is 2.27. The van der Waals surface area contributed by atoms with E-state index in [9.17, 15) is 14.5 Å². The lowest BCUT2D eigenvalue weighted by Gasteiger charge is -2.09. The fourth-order valence-electron chi connectivity index (χ4n) is 1.43. The average molecular weight is 268 g/mol. The molecule has 0 fully saturated rings. The summed E-state index contributed by atoms with van der Waals surface area (Å²) in [5, 5.41) is 13.9. The summed E-state index contributed by atoms with van der Waals surface area (Å²) in [5.41, 5.74) is 0.390. The molecule has 0 spiro atoms. The second-order valence-corrected chi connectivity index (χ2v) is 4.08. The van der Waals surface area contributed by atoms with E-state index in [1.54, 1.807) is 0 Å². The SMILES string of the molecule is C=C(CNCCC)COc1ccc(F)cc1[N+](=O)[O-]. The molecule has 19 heavy (non-hydrogen) atoms. The molecule has 0 saturated carbocycles. The summed E-state index contributed by atoms with van der Waals surface area (Å²) in [6.07, 6.45) is 1.01. The van der Waals surface area contributed by atoms with E-state index in [0.717, 1.165) is 30.7 Å². The quantitative estimate of drug-likeness (QED) is 0.341. The van der Waals surface area contributed by atoms with Crippen molar-refractivity contribution in [2.45, 2.75) is 13.3 Å². The Morgan fingerprint density at radius 2 is 2.32 bits per heavy atom. The second kappa shape index (κ2) is 7.48. The Morgan fingerprint density at radius 3 is 2.95 bits per heavy atom. The summed E-state index contributed by atoms with van der Waals surface area (Å²) in [4.78, 5) is 10.1. The van der Waals surface area contributed by atoms with Gasteiger partial charge in [0.15, 0.2) is 5.75 Å². The maximum Gasteiger partial charge on any atom is 0.313 e. The van der Waals surface area contributed by atoms with E-state index in [1.165, 1.54) is 6.07 Å². The molecule has 5 nitrogen and oxygen atoms in total. The molecule has 1 N–H and O–H groups in total. The van der Waals surface area contributed by atoms with Gasteiger partial charge in [-0.2, -0.15) is 0 Å². The predicted octanol–water partition coefficient (Wildman–Crippen LogP) is 2.67. The smallest absolute Gasteiger partial charge is 0.313 e. The van der Waals surface area contributed by atoms with E-state index in [0.29, 0.717) is 6.54 Å². The van der Waals surface area contributed by atoms with Crippen molar-refractivity contribution in [3.8, 4) is 5.75 Å². The summed E-state index contributed by atoms with van der Waals surface area (Å²) in [5.74, 6) is -0.620. The van der Waals surface area contributed by atoms with Crippen LogP contribution in [0.25, 0.3) is 0 Å². The lowest BCUT2D eigenvalue weighted by Crippen LogP contribution is -2.20. The number of nitrogens with zero attached hydrogens (tertiary/aromatic N) is 1. The molecule has 0 aromatic heterocycles.